The number of likely N-dealkylation sites (N-methyl/N-ethyl adjacent to an activating group) is 1. The number of halogens is 3. The fraction of sp³-hybridized carbons (Fsp3) is 0.458. The second-order valence-electron chi connectivity index (χ2n) is 8.61. The van der Waals surface area contributed by atoms with E-state index >= 15 is 0 Å². The molecule has 2 aromatic carbocycles. The van der Waals surface area contributed by atoms with Crippen LogP contribution >= 0.6 is 0 Å². The molecule has 2 aromatic rings. The molecule has 0 unspecified atom stereocenters. The standard InChI is InChI=1S/C24H27F3N2O2/c1-15-13-17(24(25,26)27)14-19(31-3)21(15)22(30)28-23(16-7-5-4-6-8-16)12-11-18-9-10-20(23)29(18)2/h4-8,13-14,18,20H,9-12H2,1-3H3,(H,28,30)/t18-,20+,23+/m0/s1. The van der Waals surface area contributed by atoms with Gasteiger partial charge in [-0.05, 0) is 62.9 Å². The summed E-state index contributed by atoms with van der Waals surface area (Å²) >= 11 is 0. The van der Waals surface area contributed by atoms with Crippen LogP contribution in [0.5, 0.6) is 5.75 Å². The van der Waals surface area contributed by atoms with Crippen LogP contribution in [-0.2, 0) is 11.7 Å². The van der Waals surface area contributed by atoms with Crippen molar-refractivity contribution in [1.29, 1.82) is 0 Å². The molecule has 3 atom stereocenters. The number of nitrogens with one attached hydrogen (secondary N) is 1. The van der Waals surface area contributed by atoms with E-state index in [2.05, 4.69) is 17.3 Å². The van der Waals surface area contributed by atoms with Crippen LogP contribution in [0.4, 0.5) is 13.2 Å². The first-order valence-electron chi connectivity index (χ1n) is 10.5. The van der Waals surface area contributed by atoms with E-state index in [4.69, 9.17) is 4.74 Å². The molecular formula is C24H27F3N2O2. The van der Waals surface area contributed by atoms with E-state index in [-0.39, 0.29) is 22.9 Å². The predicted octanol–water partition coefficient (Wildman–Crippen LogP) is 4.90. The maximum Gasteiger partial charge on any atom is 0.416 e. The average Bonchev–Trinajstić information content (AvgIpc) is 2.99. The summed E-state index contributed by atoms with van der Waals surface area (Å²) in [6.07, 6.45) is -0.743. The summed E-state index contributed by atoms with van der Waals surface area (Å²) in [4.78, 5) is 15.9. The molecular weight excluding hydrogens is 405 g/mol. The van der Waals surface area contributed by atoms with Crippen molar-refractivity contribution in [1.82, 2.24) is 10.2 Å². The van der Waals surface area contributed by atoms with Gasteiger partial charge in [-0.25, -0.2) is 0 Å². The first-order valence-corrected chi connectivity index (χ1v) is 10.5. The summed E-state index contributed by atoms with van der Waals surface area (Å²) < 4.78 is 45.0. The van der Waals surface area contributed by atoms with Crippen LogP contribution in [0.15, 0.2) is 42.5 Å². The van der Waals surface area contributed by atoms with Gasteiger partial charge in [-0.1, -0.05) is 30.3 Å². The van der Waals surface area contributed by atoms with E-state index in [0.717, 1.165) is 43.4 Å². The average molecular weight is 432 g/mol. The van der Waals surface area contributed by atoms with Crippen molar-refractivity contribution in [2.24, 2.45) is 0 Å². The number of hydrogen-bond acceptors (Lipinski definition) is 3. The van der Waals surface area contributed by atoms with Crippen molar-refractivity contribution in [2.75, 3.05) is 14.2 Å². The van der Waals surface area contributed by atoms with Gasteiger partial charge >= 0.3 is 6.18 Å². The zero-order valence-corrected chi connectivity index (χ0v) is 17.9. The highest BCUT2D eigenvalue weighted by molar-refractivity contribution is 5.99. The quantitative estimate of drug-likeness (QED) is 0.747. The smallest absolute Gasteiger partial charge is 0.416 e. The van der Waals surface area contributed by atoms with Gasteiger partial charge in [0.15, 0.2) is 0 Å². The maximum atomic E-state index is 13.5. The lowest BCUT2D eigenvalue weighted by atomic mass is 9.76. The van der Waals surface area contributed by atoms with Crippen LogP contribution in [0.3, 0.4) is 0 Å². The number of nitrogens with zero attached hydrogens (tertiary/aromatic N) is 1. The van der Waals surface area contributed by atoms with Crippen molar-refractivity contribution < 1.29 is 22.7 Å². The summed E-state index contributed by atoms with van der Waals surface area (Å²) in [6, 6.07) is 12.4. The number of rotatable bonds is 4. The molecule has 4 nitrogen and oxygen atoms in total. The number of benzene rings is 2. The minimum atomic E-state index is -4.51. The van der Waals surface area contributed by atoms with E-state index in [9.17, 15) is 18.0 Å². The summed E-state index contributed by atoms with van der Waals surface area (Å²) in [5, 5.41) is 3.25. The summed E-state index contributed by atoms with van der Waals surface area (Å²) in [5.41, 5.74) is -0.0361. The van der Waals surface area contributed by atoms with Crippen molar-refractivity contribution >= 4 is 5.91 Å². The highest BCUT2D eigenvalue weighted by Crippen LogP contribution is 2.46. The van der Waals surface area contributed by atoms with Gasteiger partial charge in [0, 0.05) is 12.1 Å². The molecule has 2 heterocycles. The lowest BCUT2D eigenvalue weighted by Crippen LogP contribution is -2.61. The molecule has 0 aliphatic carbocycles. The third-order valence-electron chi connectivity index (χ3n) is 6.98. The lowest BCUT2D eigenvalue weighted by Gasteiger charge is -2.48. The zero-order valence-electron chi connectivity index (χ0n) is 17.9. The number of fused-ring (bicyclic) bond motifs is 2. The molecule has 0 aromatic heterocycles. The number of carbonyl (C=O) groups is 1. The monoisotopic (exact) mass is 432 g/mol. The van der Waals surface area contributed by atoms with Gasteiger partial charge in [0.05, 0.1) is 23.8 Å². The first-order chi connectivity index (χ1) is 14.7. The molecule has 31 heavy (non-hydrogen) atoms. The molecule has 0 spiro atoms. The molecule has 2 aliphatic rings. The Morgan fingerprint density at radius 3 is 2.52 bits per heavy atom. The molecule has 2 fully saturated rings. The Labute approximate surface area is 180 Å². The third kappa shape index (κ3) is 3.69. The maximum absolute atomic E-state index is 13.5. The predicted molar refractivity (Wildman–Crippen MR) is 112 cm³/mol. The van der Waals surface area contributed by atoms with Gasteiger partial charge in [-0.2, -0.15) is 13.2 Å². The Balaban J connectivity index is 1.76. The Kier molecular flexibility index (Phi) is 5.50. The molecule has 2 saturated heterocycles. The van der Waals surface area contributed by atoms with E-state index in [1.807, 2.05) is 30.3 Å². The molecule has 2 bridgehead atoms. The van der Waals surface area contributed by atoms with Crippen molar-refractivity contribution in [3.8, 4) is 5.75 Å². The molecule has 166 valence electrons. The van der Waals surface area contributed by atoms with Crippen LogP contribution in [0, 0.1) is 6.92 Å². The number of aryl methyl sites for hydroxylation is 1. The first kappa shape index (κ1) is 21.7. The minimum absolute atomic E-state index is 0.0681. The molecule has 1 amide bonds. The number of piperidine rings is 1. The van der Waals surface area contributed by atoms with Gasteiger partial charge in [0.25, 0.3) is 5.91 Å². The van der Waals surface area contributed by atoms with E-state index in [1.54, 1.807) is 0 Å². The van der Waals surface area contributed by atoms with E-state index in [1.165, 1.54) is 14.0 Å². The summed E-state index contributed by atoms with van der Waals surface area (Å²) in [7, 11) is 3.38. The fourth-order valence-corrected chi connectivity index (χ4v) is 5.44. The number of amides is 1. The largest absolute Gasteiger partial charge is 0.496 e. The summed E-state index contributed by atoms with van der Waals surface area (Å²) in [5.74, 6) is -0.479. The molecule has 0 radical (unpaired) electrons. The topological polar surface area (TPSA) is 41.6 Å². The highest BCUT2D eigenvalue weighted by Gasteiger charge is 2.52. The second-order valence-corrected chi connectivity index (χ2v) is 8.61. The van der Waals surface area contributed by atoms with Crippen LogP contribution < -0.4 is 10.1 Å². The number of ether oxygens (including phenoxy) is 1. The van der Waals surface area contributed by atoms with Gasteiger partial charge in [0.2, 0.25) is 0 Å². The minimum Gasteiger partial charge on any atom is -0.496 e. The number of hydrogen-bond donors (Lipinski definition) is 1. The second kappa shape index (κ2) is 7.86. The van der Waals surface area contributed by atoms with Gasteiger partial charge in [0.1, 0.15) is 5.75 Å². The molecule has 0 saturated carbocycles. The summed E-state index contributed by atoms with van der Waals surface area (Å²) in [6.45, 7) is 1.51. The molecule has 2 aliphatic heterocycles. The van der Waals surface area contributed by atoms with Crippen molar-refractivity contribution in [2.45, 2.75) is 56.4 Å². The van der Waals surface area contributed by atoms with Gasteiger partial charge in [-0.15, -0.1) is 0 Å². The zero-order chi connectivity index (χ0) is 22.4. The Bertz CT molecular complexity index is 977. The number of alkyl halides is 3. The van der Waals surface area contributed by atoms with Gasteiger partial charge < -0.3 is 10.1 Å². The third-order valence-corrected chi connectivity index (χ3v) is 6.98. The highest BCUT2D eigenvalue weighted by atomic mass is 19.4. The number of methoxy groups -OCH3 is 1. The Morgan fingerprint density at radius 2 is 1.87 bits per heavy atom. The SMILES string of the molecule is COc1cc(C(F)(F)F)cc(C)c1C(=O)N[C@@]1(c2ccccc2)CC[C@@H]2CC[C@H]1N2C. The van der Waals surface area contributed by atoms with Crippen LogP contribution in [0.1, 0.15) is 52.7 Å². The van der Waals surface area contributed by atoms with E-state index in [0.29, 0.717) is 6.04 Å². The normalized spacial score (nSPS) is 26.0. The van der Waals surface area contributed by atoms with Gasteiger partial charge in [-0.3, -0.25) is 9.69 Å². The number of carbonyl (C=O) groups excluding carboxylic acids is 1. The van der Waals surface area contributed by atoms with Crippen LogP contribution in [0.25, 0.3) is 0 Å². The molecule has 1 N–H and O–H groups in total. The van der Waals surface area contributed by atoms with Crippen LogP contribution in [0.2, 0.25) is 0 Å². The van der Waals surface area contributed by atoms with Crippen molar-refractivity contribution in [3.05, 3.63) is 64.7 Å². The Hall–Kier alpha value is -2.54. The van der Waals surface area contributed by atoms with E-state index < -0.39 is 23.2 Å². The van der Waals surface area contributed by atoms with Crippen molar-refractivity contribution in [3.63, 3.8) is 0 Å². The van der Waals surface area contributed by atoms with Crippen LogP contribution in [-0.4, -0.2) is 37.0 Å². The molecule has 4 rings (SSSR count). The fourth-order valence-electron chi connectivity index (χ4n) is 5.44. The Morgan fingerprint density at radius 1 is 1.16 bits per heavy atom. The lowest BCUT2D eigenvalue weighted by molar-refractivity contribution is -0.137. The molecule has 7 heteroatoms.